The third-order valence-electron chi connectivity index (χ3n) is 7.10. The molecule has 0 aliphatic heterocycles. The summed E-state index contributed by atoms with van der Waals surface area (Å²) in [7, 11) is 1.82. The van der Waals surface area contributed by atoms with Crippen LogP contribution in [0.2, 0.25) is 0 Å². The number of nitrogen functional groups attached to an aromatic ring is 1. The number of aromatic nitrogens is 5. The second-order valence-corrected chi connectivity index (χ2v) is 10.2. The smallest absolute Gasteiger partial charge is 0.274 e. The number of aromatic hydroxyl groups is 1. The number of nitrogens with two attached hydrogens (primary N) is 1. The summed E-state index contributed by atoms with van der Waals surface area (Å²) in [5, 5.41) is 18.0. The van der Waals surface area contributed by atoms with Gasteiger partial charge in [-0.05, 0) is 72.8 Å². The van der Waals surface area contributed by atoms with E-state index in [1.807, 2.05) is 61.6 Å². The number of aryl methyl sites for hydroxylation is 1. The zero-order chi connectivity index (χ0) is 30.8. The third-order valence-corrected chi connectivity index (χ3v) is 7.10. The molecule has 3 heterocycles. The summed E-state index contributed by atoms with van der Waals surface area (Å²) in [6.45, 7) is 1.79. The molecule has 0 fully saturated rings. The Labute approximate surface area is 252 Å². The number of phenols is 1. The number of fused-ring (bicyclic) bond motifs is 1. The van der Waals surface area contributed by atoms with Crippen molar-refractivity contribution in [2.45, 2.75) is 13.0 Å². The molecule has 1 atom stereocenters. The lowest BCUT2D eigenvalue weighted by molar-refractivity contribution is 0.0934. The van der Waals surface area contributed by atoms with Crippen molar-refractivity contribution >= 4 is 22.5 Å². The molecule has 44 heavy (non-hydrogen) atoms. The molecule has 1 unspecified atom stereocenters. The highest BCUT2D eigenvalue weighted by Crippen LogP contribution is 2.25. The topological polar surface area (TPSA) is 141 Å². The van der Waals surface area contributed by atoms with Gasteiger partial charge >= 0.3 is 0 Å². The number of benzene rings is 3. The van der Waals surface area contributed by atoms with E-state index in [1.165, 1.54) is 18.3 Å². The Kier molecular flexibility index (Phi) is 7.35. The lowest BCUT2D eigenvalue weighted by atomic mass is 10.0. The van der Waals surface area contributed by atoms with E-state index in [2.05, 4.69) is 32.2 Å². The molecule has 4 N–H and O–H groups in total. The average molecular weight is 582 g/mol. The van der Waals surface area contributed by atoms with Crippen LogP contribution in [0.3, 0.4) is 0 Å². The van der Waals surface area contributed by atoms with E-state index >= 15 is 0 Å². The third kappa shape index (κ3) is 5.49. The fourth-order valence-electron chi connectivity index (χ4n) is 4.94. The number of para-hydroxylation sites is 1. The summed E-state index contributed by atoms with van der Waals surface area (Å²) in [6, 6.07) is 24.1. The molecule has 0 saturated carbocycles. The SMILES string of the molecule is CC(NC(=O)c1nc(-c2ccc(O)cc2)cnc1N)c1cc2cccc(C#Cc3ccn(C)n3)c2c(=O)n1-c1ccccc1. The first-order valence-electron chi connectivity index (χ1n) is 13.8. The van der Waals surface area contributed by atoms with Crippen molar-refractivity contribution in [1.82, 2.24) is 29.6 Å². The average Bonchev–Trinajstić information content (AvgIpc) is 3.45. The molecule has 0 spiro atoms. The van der Waals surface area contributed by atoms with Crippen molar-refractivity contribution in [3.63, 3.8) is 0 Å². The number of anilines is 1. The van der Waals surface area contributed by atoms with Gasteiger partial charge < -0.3 is 16.2 Å². The Morgan fingerprint density at radius 2 is 1.77 bits per heavy atom. The van der Waals surface area contributed by atoms with Crippen LogP contribution in [0.15, 0.2) is 102 Å². The number of pyridine rings is 1. The van der Waals surface area contributed by atoms with Gasteiger partial charge in [-0.25, -0.2) is 9.97 Å². The molecule has 10 nitrogen and oxygen atoms in total. The number of rotatable bonds is 5. The molecular formula is C34H27N7O3. The maximum atomic E-state index is 14.2. The number of hydrogen-bond acceptors (Lipinski definition) is 7. The second-order valence-electron chi connectivity index (χ2n) is 10.2. The zero-order valence-electron chi connectivity index (χ0n) is 23.9. The van der Waals surface area contributed by atoms with Gasteiger partial charge in [0.15, 0.2) is 11.5 Å². The summed E-state index contributed by atoms with van der Waals surface area (Å²) >= 11 is 0. The molecule has 10 heteroatoms. The Morgan fingerprint density at radius 3 is 2.50 bits per heavy atom. The van der Waals surface area contributed by atoms with Gasteiger partial charge in [0.2, 0.25) is 0 Å². The number of carbonyl (C=O) groups excluding carboxylic acids is 1. The summed E-state index contributed by atoms with van der Waals surface area (Å²) in [5.41, 5.74) is 9.17. The minimum absolute atomic E-state index is 0.0349. The molecule has 0 aliphatic carbocycles. The van der Waals surface area contributed by atoms with E-state index in [0.29, 0.717) is 44.7 Å². The molecular weight excluding hydrogens is 554 g/mol. The van der Waals surface area contributed by atoms with Crippen LogP contribution in [0.25, 0.3) is 27.7 Å². The maximum absolute atomic E-state index is 14.2. The summed E-state index contributed by atoms with van der Waals surface area (Å²) in [5.74, 6) is 5.68. The quantitative estimate of drug-likeness (QED) is 0.257. The van der Waals surface area contributed by atoms with Crippen LogP contribution in [-0.4, -0.2) is 35.3 Å². The summed E-state index contributed by atoms with van der Waals surface area (Å²) in [6.07, 6.45) is 3.27. The van der Waals surface area contributed by atoms with Crippen molar-refractivity contribution in [3.05, 3.63) is 130 Å². The fraction of sp³-hybridized carbons (Fsp3) is 0.0882. The lowest BCUT2D eigenvalue weighted by Gasteiger charge is -2.21. The Morgan fingerprint density at radius 1 is 1.00 bits per heavy atom. The Bertz CT molecular complexity index is 2140. The van der Waals surface area contributed by atoms with Crippen molar-refractivity contribution in [2.24, 2.45) is 7.05 Å². The Hall–Kier alpha value is -6.21. The number of amides is 1. The molecule has 3 aromatic carbocycles. The van der Waals surface area contributed by atoms with Gasteiger partial charge in [0.05, 0.1) is 23.3 Å². The van der Waals surface area contributed by atoms with Gasteiger partial charge in [-0.2, -0.15) is 5.10 Å². The van der Waals surface area contributed by atoms with Crippen LogP contribution < -0.4 is 16.6 Å². The van der Waals surface area contributed by atoms with Gasteiger partial charge in [0, 0.05) is 35.8 Å². The predicted octanol–water partition coefficient (Wildman–Crippen LogP) is 4.36. The van der Waals surface area contributed by atoms with E-state index in [-0.39, 0.29) is 22.8 Å². The van der Waals surface area contributed by atoms with E-state index in [9.17, 15) is 14.7 Å². The van der Waals surface area contributed by atoms with Gasteiger partial charge in [-0.3, -0.25) is 18.8 Å². The van der Waals surface area contributed by atoms with E-state index in [4.69, 9.17) is 5.73 Å². The fourth-order valence-corrected chi connectivity index (χ4v) is 4.94. The molecule has 0 saturated heterocycles. The van der Waals surface area contributed by atoms with Crippen LogP contribution in [-0.2, 0) is 7.05 Å². The highest BCUT2D eigenvalue weighted by atomic mass is 16.3. The molecule has 0 aliphatic rings. The first kappa shape index (κ1) is 27.9. The first-order chi connectivity index (χ1) is 21.3. The highest BCUT2D eigenvalue weighted by Gasteiger charge is 2.22. The van der Waals surface area contributed by atoms with Gasteiger partial charge in [0.25, 0.3) is 11.5 Å². The minimum Gasteiger partial charge on any atom is -0.508 e. The monoisotopic (exact) mass is 581 g/mol. The first-order valence-corrected chi connectivity index (χ1v) is 13.8. The van der Waals surface area contributed by atoms with Gasteiger partial charge in [-0.15, -0.1) is 0 Å². The largest absolute Gasteiger partial charge is 0.508 e. The zero-order valence-corrected chi connectivity index (χ0v) is 23.9. The molecule has 0 radical (unpaired) electrons. The molecule has 216 valence electrons. The molecule has 3 aromatic heterocycles. The number of nitrogens with one attached hydrogen (secondary N) is 1. The predicted molar refractivity (Wildman–Crippen MR) is 168 cm³/mol. The van der Waals surface area contributed by atoms with Crippen LogP contribution in [0.5, 0.6) is 5.75 Å². The van der Waals surface area contributed by atoms with Crippen molar-refractivity contribution < 1.29 is 9.90 Å². The molecule has 6 aromatic rings. The summed E-state index contributed by atoms with van der Waals surface area (Å²) < 4.78 is 3.25. The molecule has 6 rings (SSSR count). The summed E-state index contributed by atoms with van der Waals surface area (Å²) in [4.78, 5) is 36.4. The normalized spacial score (nSPS) is 11.5. The van der Waals surface area contributed by atoms with Crippen LogP contribution >= 0.6 is 0 Å². The van der Waals surface area contributed by atoms with Crippen LogP contribution in [0.4, 0.5) is 5.82 Å². The van der Waals surface area contributed by atoms with E-state index < -0.39 is 11.9 Å². The number of carbonyl (C=O) groups is 1. The van der Waals surface area contributed by atoms with E-state index in [0.717, 1.165) is 0 Å². The standard InChI is InChI=1S/C34H27N7O3/c1-21(37-33(43)31-32(35)36-20-28(38-31)22-12-15-27(42)16-13-22)29-19-24-8-6-7-23(11-14-25-17-18-40(2)39-25)30(24)34(44)41(29)26-9-4-3-5-10-26/h3-10,12-13,15-21,42H,1-2H3,(H2,35,36)(H,37,43). The van der Waals surface area contributed by atoms with Crippen molar-refractivity contribution in [3.8, 4) is 34.5 Å². The van der Waals surface area contributed by atoms with Gasteiger partial charge in [-0.1, -0.05) is 36.3 Å². The molecule has 0 bridgehead atoms. The van der Waals surface area contributed by atoms with Crippen molar-refractivity contribution in [1.29, 1.82) is 0 Å². The van der Waals surface area contributed by atoms with E-state index in [1.54, 1.807) is 40.6 Å². The Balaban J connectivity index is 1.42. The number of nitrogens with zero attached hydrogens (tertiary/aromatic N) is 5. The second kappa shape index (κ2) is 11.6. The van der Waals surface area contributed by atoms with Crippen LogP contribution in [0, 0.1) is 11.8 Å². The molecule has 1 amide bonds. The number of hydrogen-bond donors (Lipinski definition) is 3. The highest BCUT2D eigenvalue weighted by molar-refractivity contribution is 5.97. The van der Waals surface area contributed by atoms with Gasteiger partial charge in [0.1, 0.15) is 11.4 Å². The van der Waals surface area contributed by atoms with Crippen molar-refractivity contribution in [2.75, 3.05) is 5.73 Å². The minimum atomic E-state index is -0.637. The number of phenolic OH excluding ortho intramolecular Hbond substituents is 1. The van der Waals surface area contributed by atoms with Crippen LogP contribution in [0.1, 0.15) is 40.4 Å². The maximum Gasteiger partial charge on any atom is 0.274 e. The lowest BCUT2D eigenvalue weighted by Crippen LogP contribution is -2.33.